The van der Waals surface area contributed by atoms with Crippen LogP contribution in [0.15, 0.2) is 84.0 Å². The van der Waals surface area contributed by atoms with E-state index >= 15 is 0 Å². The van der Waals surface area contributed by atoms with Gasteiger partial charge in [-0.2, -0.15) is 10.4 Å². The Hall–Kier alpha value is -4.31. The molecule has 0 aromatic heterocycles. The van der Waals surface area contributed by atoms with Gasteiger partial charge >= 0.3 is 0 Å². The molecule has 1 unspecified atom stereocenters. The maximum Gasteiger partial charge on any atom is 0.275 e. The van der Waals surface area contributed by atoms with Crippen LogP contribution in [-0.2, 0) is 12.0 Å². The maximum atomic E-state index is 13.3. The molecule has 3 aromatic rings. The van der Waals surface area contributed by atoms with E-state index in [2.05, 4.69) is 11.2 Å². The molecule has 0 radical (unpaired) electrons. The van der Waals surface area contributed by atoms with Crippen LogP contribution in [0.5, 0.6) is 0 Å². The number of nitrogens with zero attached hydrogens (tertiary/aromatic N) is 4. The second kappa shape index (κ2) is 7.60. The molecule has 3 aromatic carbocycles. The monoisotopic (exact) mass is 396 g/mol. The molecule has 0 saturated carbocycles. The van der Waals surface area contributed by atoms with Crippen LogP contribution in [0.4, 0.5) is 5.69 Å². The third-order valence-corrected chi connectivity index (χ3v) is 5.09. The molecule has 0 spiro atoms. The van der Waals surface area contributed by atoms with Crippen molar-refractivity contribution >= 4 is 17.8 Å². The number of benzene rings is 3. The second-order valence-corrected chi connectivity index (χ2v) is 6.89. The van der Waals surface area contributed by atoms with Crippen LogP contribution in [0, 0.1) is 21.4 Å². The van der Waals surface area contributed by atoms with Gasteiger partial charge in [-0.05, 0) is 17.7 Å². The fraction of sp³-hybridized carbons (Fsp3) is 0.0870. The molecule has 7 heteroatoms. The third kappa shape index (κ3) is 3.20. The molecule has 1 atom stereocenters. The molecule has 1 amide bonds. The molecule has 0 bridgehead atoms. The summed E-state index contributed by atoms with van der Waals surface area (Å²) in [4.78, 5) is 23.8. The van der Waals surface area contributed by atoms with Crippen LogP contribution in [-0.4, -0.2) is 22.1 Å². The fourth-order valence-corrected chi connectivity index (χ4v) is 3.60. The highest BCUT2D eigenvalue weighted by atomic mass is 16.6. The quantitative estimate of drug-likeness (QED) is 0.491. The van der Waals surface area contributed by atoms with E-state index in [1.54, 1.807) is 54.7 Å². The molecule has 0 aliphatic carbocycles. The smallest absolute Gasteiger partial charge is 0.267 e. The van der Waals surface area contributed by atoms with E-state index in [4.69, 9.17) is 0 Å². The summed E-state index contributed by atoms with van der Waals surface area (Å²) in [6.45, 7) is 0. The first-order valence-corrected chi connectivity index (χ1v) is 9.23. The van der Waals surface area contributed by atoms with Crippen molar-refractivity contribution in [3.05, 3.63) is 111 Å². The SMILES string of the molecule is N#CC1(Cc2ccc([N+](=O)[O-])cc2)c2ccccc2C=NN1C(=O)c1ccccc1. The molecule has 0 N–H and O–H groups in total. The van der Waals surface area contributed by atoms with Crippen LogP contribution >= 0.6 is 0 Å². The number of nitro benzene ring substituents is 1. The number of nitro groups is 1. The number of hydrogen-bond donors (Lipinski definition) is 0. The summed E-state index contributed by atoms with van der Waals surface area (Å²) in [5.74, 6) is -0.398. The topological polar surface area (TPSA) is 99.6 Å². The summed E-state index contributed by atoms with van der Waals surface area (Å²) < 4.78 is 0. The number of carbonyl (C=O) groups is 1. The van der Waals surface area contributed by atoms with Gasteiger partial charge in [0.25, 0.3) is 11.6 Å². The van der Waals surface area contributed by atoms with Gasteiger partial charge < -0.3 is 0 Å². The zero-order chi connectivity index (χ0) is 21.1. The third-order valence-electron chi connectivity index (χ3n) is 5.09. The highest BCUT2D eigenvalue weighted by molar-refractivity contribution is 5.97. The Kier molecular flexibility index (Phi) is 4.82. The molecule has 146 valence electrons. The minimum absolute atomic E-state index is 0.0379. The summed E-state index contributed by atoms with van der Waals surface area (Å²) in [6, 6.07) is 24.2. The van der Waals surface area contributed by atoms with E-state index in [0.29, 0.717) is 16.7 Å². The molecule has 0 saturated heterocycles. The Balaban J connectivity index is 1.82. The average molecular weight is 396 g/mol. The van der Waals surface area contributed by atoms with Crippen molar-refractivity contribution in [2.24, 2.45) is 5.10 Å². The first-order chi connectivity index (χ1) is 14.5. The molecule has 0 fully saturated rings. The van der Waals surface area contributed by atoms with Gasteiger partial charge in [-0.25, -0.2) is 5.01 Å². The lowest BCUT2D eigenvalue weighted by Crippen LogP contribution is -2.49. The van der Waals surface area contributed by atoms with Crippen molar-refractivity contribution in [1.29, 1.82) is 5.26 Å². The first-order valence-electron chi connectivity index (χ1n) is 9.23. The number of amides is 1. The Morgan fingerprint density at radius 2 is 1.70 bits per heavy atom. The second-order valence-electron chi connectivity index (χ2n) is 6.89. The summed E-state index contributed by atoms with van der Waals surface area (Å²) in [7, 11) is 0. The molecule has 4 rings (SSSR count). The van der Waals surface area contributed by atoms with E-state index in [-0.39, 0.29) is 12.1 Å². The van der Waals surface area contributed by atoms with E-state index in [1.807, 2.05) is 18.2 Å². The molecule has 1 aliphatic rings. The maximum absolute atomic E-state index is 13.3. The summed E-state index contributed by atoms with van der Waals surface area (Å²) in [5, 5.41) is 26.9. The summed E-state index contributed by atoms with van der Waals surface area (Å²) in [6.07, 6.45) is 1.70. The average Bonchev–Trinajstić information content (AvgIpc) is 2.79. The Labute approximate surface area is 172 Å². The highest BCUT2D eigenvalue weighted by Gasteiger charge is 2.46. The summed E-state index contributed by atoms with van der Waals surface area (Å²) in [5.41, 5.74) is 1.07. The number of carbonyl (C=O) groups excluding carboxylic acids is 1. The Bertz CT molecular complexity index is 1180. The normalized spacial score (nSPS) is 17.1. The van der Waals surface area contributed by atoms with Gasteiger partial charge in [-0.15, -0.1) is 0 Å². The van der Waals surface area contributed by atoms with Crippen molar-refractivity contribution in [1.82, 2.24) is 5.01 Å². The lowest BCUT2D eigenvalue weighted by atomic mass is 9.80. The molecular formula is C23H16N4O3. The van der Waals surface area contributed by atoms with Crippen LogP contribution in [0.25, 0.3) is 0 Å². The Morgan fingerprint density at radius 3 is 2.37 bits per heavy atom. The van der Waals surface area contributed by atoms with Crippen molar-refractivity contribution in [3.8, 4) is 6.07 Å². The number of rotatable bonds is 4. The molecule has 30 heavy (non-hydrogen) atoms. The predicted molar refractivity (Wildman–Crippen MR) is 111 cm³/mol. The van der Waals surface area contributed by atoms with Crippen molar-refractivity contribution in [2.75, 3.05) is 0 Å². The first kappa shape index (κ1) is 19.0. The predicted octanol–water partition coefficient (Wildman–Crippen LogP) is 4.05. The van der Waals surface area contributed by atoms with Gasteiger partial charge in [0.05, 0.1) is 17.2 Å². The largest absolute Gasteiger partial charge is 0.275 e. The Morgan fingerprint density at radius 1 is 1.03 bits per heavy atom. The van der Waals surface area contributed by atoms with Crippen LogP contribution < -0.4 is 0 Å². The standard InChI is InChI=1S/C23H16N4O3/c24-16-23(14-17-10-12-20(13-11-17)27(29)30)21-9-5-4-8-19(21)15-25-26(23)22(28)18-6-2-1-3-7-18/h1-13,15H,14H2. The van der Waals surface area contributed by atoms with Crippen molar-refractivity contribution in [3.63, 3.8) is 0 Å². The van der Waals surface area contributed by atoms with Crippen molar-refractivity contribution in [2.45, 2.75) is 12.0 Å². The highest BCUT2D eigenvalue weighted by Crippen LogP contribution is 2.38. The number of nitriles is 1. The lowest BCUT2D eigenvalue weighted by Gasteiger charge is -2.39. The van der Waals surface area contributed by atoms with E-state index in [9.17, 15) is 20.2 Å². The number of non-ortho nitro benzene ring substituents is 1. The van der Waals surface area contributed by atoms with Crippen LogP contribution in [0.3, 0.4) is 0 Å². The van der Waals surface area contributed by atoms with Gasteiger partial charge in [-0.1, -0.05) is 54.6 Å². The van der Waals surface area contributed by atoms with Gasteiger partial charge in [0.1, 0.15) is 0 Å². The number of fused-ring (bicyclic) bond motifs is 1. The van der Waals surface area contributed by atoms with E-state index in [0.717, 1.165) is 5.56 Å². The van der Waals surface area contributed by atoms with Gasteiger partial charge in [-0.3, -0.25) is 14.9 Å². The van der Waals surface area contributed by atoms with E-state index < -0.39 is 16.4 Å². The molecule has 1 heterocycles. The number of hydrazone groups is 1. The van der Waals surface area contributed by atoms with Crippen molar-refractivity contribution < 1.29 is 9.72 Å². The van der Waals surface area contributed by atoms with E-state index in [1.165, 1.54) is 17.1 Å². The zero-order valence-corrected chi connectivity index (χ0v) is 15.8. The van der Waals surface area contributed by atoms with Crippen LogP contribution in [0.2, 0.25) is 0 Å². The molecular weight excluding hydrogens is 380 g/mol. The number of hydrogen-bond acceptors (Lipinski definition) is 5. The minimum atomic E-state index is -1.39. The molecule has 1 aliphatic heterocycles. The summed E-state index contributed by atoms with van der Waals surface area (Å²) >= 11 is 0. The fourth-order valence-electron chi connectivity index (χ4n) is 3.60. The van der Waals surface area contributed by atoms with Gasteiger partial charge in [0.2, 0.25) is 0 Å². The van der Waals surface area contributed by atoms with Gasteiger partial charge in [0, 0.05) is 35.2 Å². The molecule has 7 nitrogen and oxygen atoms in total. The van der Waals surface area contributed by atoms with Gasteiger partial charge in [0.15, 0.2) is 5.54 Å². The zero-order valence-electron chi connectivity index (χ0n) is 15.8. The lowest BCUT2D eigenvalue weighted by molar-refractivity contribution is -0.384. The van der Waals surface area contributed by atoms with Crippen LogP contribution in [0.1, 0.15) is 27.0 Å². The minimum Gasteiger partial charge on any atom is -0.267 e.